The van der Waals surface area contributed by atoms with Gasteiger partial charge in [0.1, 0.15) is 5.75 Å². The second kappa shape index (κ2) is 7.03. The lowest BCUT2D eigenvalue weighted by Gasteiger charge is -2.48. The Morgan fingerprint density at radius 3 is 2.72 bits per heavy atom. The molecule has 0 saturated carbocycles. The normalized spacial score (nSPS) is 24.3. The number of ether oxygens (including phenoxy) is 2. The number of likely N-dealkylation sites (tertiary alicyclic amines) is 1. The molecule has 0 aliphatic carbocycles. The lowest BCUT2D eigenvalue weighted by molar-refractivity contribution is -0.164. The first-order valence-corrected chi connectivity index (χ1v) is 8.71. The van der Waals surface area contributed by atoms with Crippen molar-refractivity contribution in [2.24, 2.45) is 0 Å². The van der Waals surface area contributed by atoms with Gasteiger partial charge in [0.2, 0.25) is 0 Å². The molecule has 0 spiro atoms. The Kier molecular flexibility index (Phi) is 4.98. The Hall–Kier alpha value is -2.10. The molecule has 6 heteroatoms. The summed E-state index contributed by atoms with van der Waals surface area (Å²) < 4.78 is 11.8. The SMILES string of the molecule is CN1CC[C@H]2OCCN(C(=O)C(C)(C)Oc3ccc(C#N)cc3)[C@H]2C1. The zero-order valence-electron chi connectivity index (χ0n) is 15.1. The van der Waals surface area contributed by atoms with Gasteiger partial charge in [-0.15, -0.1) is 0 Å². The Labute approximate surface area is 148 Å². The first kappa shape index (κ1) is 17.7. The van der Waals surface area contributed by atoms with Crippen LogP contribution in [-0.2, 0) is 9.53 Å². The van der Waals surface area contributed by atoms with Crippen LogP contribution < -0.4 is 4.74 Å². The molecule has 0 bridgehead atoms. The van der Waals surface area contributed by atoms with Crippen LogP contribution in [0.4, 0.5) is 0 Å². The number of nitriles is 1. The van der Waals surface area contributed by atoms with E-state index in [1.54, 1.807) is 38.1 Å². The highest BCUT2D eigenvalue weighted by atomic mass is 16.5. The highest BCUT2D eigenvalue weighted by molar-refractivity contribution is 5.85. The van der Waals surface area contributed by atoms with Crippen molar-refractivity contribution in [3.63, 3.8) is 0 Å². The van der Waals surface area contributed by atoms with Crippen molar-refractivity contribution < 1.29 is 14.3 Å². The Bertz CT molecular complexity index is 665. The molecule has 25 heavy (non-hydrogen) atoms. The summed E-state index contributed by atoms with van der Waals surface area (Å²) >= 11 is 0. The highest BCUT2D eigenvalue weighted by Crippen LogP contribution is 2.27. The highest BCUT2D eigenvalue weighted by Gasteiger charge is 2.43. The molecule has 1 aromatic carbocycles. The Morgan fingerprint density at radius 1 is 1.32 bits per heavy atom. The van der Waals surface area contributed by atoms with Crippen LogP contribution in [0.25, 0.3) is 0 Å². The van der Waals surface area contributed by atoms with Crippen LogP contribution in [-0.4, -0.2) is 66.7 Å². The van der Waals surface area contributed by atoms with Crippen LogP contribution in [0.2, 0.25) is 0 Å². The molecular formula is C19H25N3O3. The predicted octanol–water partition coefficient (Wildman–Crippen LogP) is 1.65. The second-order valence-corrected chi connectivity index (χ2v) is 7.27. The molecule has 1 amide bonds. The fourth-order valence-corrected chi connectivity index (χ4v) is 3.56. The summed E-state index contributed by atoms with van der Waals surface area (Å²) in [5, 5.41) is 8.88. The number of nitrogens with zero attached hydrogens (tertiary/aromatic N) is 3. The standard InChI is InChI=1S/C19H25N3O3/c1-19(2,25-15-6-4-14(12-20)5-7-15)18(23)22-10-11-24-17-8-9-21(3)13-16(17)22/h4-7,16-17H,8-11,13H2,1-3H3/t16-,17+/m0/s1. The van der Waals surface area contributed by atoms with Crippen LogP contribution in [0.3, 0.4) is 0 Å². The summed E-state index contributed by atoms with van der Waals surface area (Å²) in [6.45, 7) is 6.57. The minimum Gasteiger partial charge on any atom is -0.478 e. The number of fused-ring (bicyclic) bond motifs is 1. The van der Waals surface area contributed by atoms with Gasteiger partial charge in [0.15, 0.2) is 5.60 Å². The van der Waals surface area contributed by atoms with Crippen LogP contribution in [0, 0.1) is 11.3 Å². The average Bonchev–Trinajstić information content (AvgIpc) is 2.61. The number of likely N-dealkylation sites (N-methyl/N-ethyl adjacent to an activating group) is 1. The number of carbonyl (C=O) groups excluding carboxylic acids is 1. The van der Waals surface area contributed by atoms with E-state index in [4.69, 9.17) is 14.7 Å². The molecule has 0 N–H and O–H groups in total. The van der Waals surface area contributed by atoms with Gasteiger partial charge in [0.05, 0.1) is 30.4 Å². The molecule has 2 atom stereocenters. The quantitative estimate of drug-likeness (QED) is 0.835. The molecule has 0 unspecified atom stereocenters. The van der Waals surface area contributed by atoms with Gasteiger partial charge in [-0.05, 0) is 51.6 Å². The van der Waals surface area contributed by atoms with E-state index < -0.39 is 5.60 Å². The smallest absolute Gasteiger partial charge is 0.266 e. The fourth-order valence-electron chi connectivity index (χ4n) is 3.56. The summed E-state index contributed by atoms with van der Waals surface area (Å²) in [5.41, 5.74) is -0.413. The van der Waals surface area contributed by atoms with Gasteiger partial charge in [0, 0.05) is 19.6 Å². The average molecular weight is 343 g/mol. The summed E-state index contributed by atoms with van der Waals surface area (Å²) in [6, 6.07) is 8.99. The van der Waals surface area contributed by atoms with Gasteiger partial charge < -0.3 is 19.3 Å². The van der Waals surface area contributed by atoms with Gasteiger partial charge in [0.25, 0.3) is 5.91 Å². The van der Waals surface area contributed by atoms with E-state index >= 15 is 0 Å². The van der Waals surface area contributed by atoms with Crippen molar-refractivity contribution in [2.75, 3.05) is 33.3 Å². The molecule has 3 rings (SSSR count). The molecule has 2 aliphatic heterocycles. The predicted molar refractivity (Wildman–Crippen MR) is 93.2 cm³/mol. The largest absolute Gasteiger partial charge is 0.478 e. The maximum absolute atomic E-state index is 13.2. The molecule has 0 radical (unpaired) electrons. The van der Waals surface area contributed by atoms with Gasteiger partial charge in [-0.3, -0.25) is 4.79 Å². The Balaban J connectivity index is 1.73. The molecule has 2 aliphatic rings. The van der Waals surface area contributed by atoms with Crippen LogP contribution in [0.1, 0.15) is 25.8 Å². The molecule has 6 nitrogen and oxygen atoms in total. The minimum absolute atomic E-state index is 0.0227. The van der Waals surface area contributed by atoms with E-state index in [-0.39, 0.29) is 18.1 Å². The number of morpholine rings is 1. The third-order valence-corrected chi connectivity index (χ3v) is 4.92. The maximum Gasteiger partial charge on any atom is 0.266 e. The third kappa shape index (κ3) is 3.78. The van der Waals surface area contributed by atoms with Crippen LogP contribution in [0.15, 0.2) is 24.3 Å². The maximum atomic E-state index is 13.2. The molecule has 0 aromatic heterocycles. The lowest BCUT2D eigenvalue weighted by Crippen LogP contribution is -2.64. The number of hydrogen-bond donors (Lipinski definition) is 0. The Morgan fingerprint density at radius 2 is 2.04 bits per heavy atom. The van der Waals surface area contributed by atoms with Crippen molar-refractivity contribution in [2.45, 2.75) is 38.0 Å². The van der Waals surface area contributed by atoms with Crippen molar-refractivity contribution >= 4 is 5.91 Å². The van der Waals surface area contributed by atoms with E-state index in [9.17, 15) is 4.79 Å². The zero-order valence-corrected chi connectivity index (χ0v) is 15.1. The van der Waals surface area contributed by atoms with Crippen molar-refractivity contribution in [1.82, 2.24) is 9.80 Å². The molecule has 2 fully saturated rings. The number of benzene rings is 1. The minimum atomic E-state index is -0.980. The zero-order chi connectivity index (χ0) is 18.0. The monoisotopic (exact) mass is 343 g/mol. The first-order chi connectivity index (χ1) is 11.9. The molecule has 134 valence electrons. The summed E-state index contributed by atoms with van der Waals surface area (Å²) in [6.07, 6.45) is 1.06. The van der Waals surface area contributed by atoms with Gasteiger partial charge in [-0.1, -0.05) is 0 Å². The topological polar surface area (TPSA) is 65.8 Å². The van der Waals surface area contributed by atoms with Crippen molar-refractivity contribution in [3.05, 3.63) is 29.8 Å². The van der Waals surface area contributed by atoms with E-state index in [1.165, 1.54) is 0 Å². The molecular weight excluding hydrogens is 318 g/mol. The van der Waals surface area contributed by atoms with Crippen LogP contribution in [0.5, 0.6) is 5.75 Å². The fraction of sp³-hybridized carbons (Fsp3) is 0.579. The van der Waals surface area contributed by atoms with Crippen molar-refractivity contribution in [3.8, 4) is 11.8 Å². The van der Waals surface area contributed by atoms with Gasteiger partial charge >= 0.3 is 0 Å². The third-order valence-electron chi connectivity index (χ3n) is 4.92. The summed E-state index contributed by atoms with van der Waals surface area (Å²) in [4.78, 5) is 17.3. The lowest BCUT2D eigenvalue weighted by atomic mass is 9.96. The number of rotatable bonds is 3. The number of carbonyl (C=O) groups is 1. The number of piperidine rings is 1. The summed E-state index contributed by atoms with van der Waals surface area (Å²) in [7, 11) is 2.08. The van der Waals surface area contributed by atoms with Gasteiger partial charge in [-0.2, -0.15) is 5.26 Å². The van der Waals surface area contributed by atoms with Gasteiger partial charge in [-0.25, -0.2) is 0 Å². The second-order valence-electron chi connectivity index (χ2n) is 7.27. The van der Waals surface area contributed by atoms with E-state index in [0.717, 1.165) is 19.5 Å². The number of hydrogen-bond acceptors (Lipinski definition) is 5. The molecule has 2 heterocycles. The summed E-state index contributed by atoms with van der Waals surface area (Å²) in [5.74, 6) is 0.563. The van der Waals surface area contributed by atoms with Crippen molar-refractivity contribution in [1.29, 1.82) is 5.26 Å². The van der Waals surface area contributed by atoms with E-state index in [1.807, 2.05) is 4.90 Å². The van der Waals surface area contributed by atoms with E-state index in [2.05, 4.69) is 18.0 Å². The first-order valence-electron chi connectivity index (χ1n) is 8.71. The number of amides is 1. The van der Waals surface area contributed by atoms with E-state index in [0.29, 0.717) is 24.5 Å². The van der Waals surface area contributed by atoms with Crippen LogP contribution >= 0.6 is 0 Å². The molecule has 1 aromatic rings. The molecule has 2 saturated heterocycles.